The molecule has 0 unspecified atom stereocenters. The van der Waals surface area contributed by atoms with Gasteiger partial charge in [-0.05, 0) is 12.5 Å². The Morgan fingerprint density at radius 3 is 2.81 bits per heavy atom. The van der Waals surface area contributed by atoms with Gasteiger partial charge in [0, 0.05) is 10.6 Å². The summed E-state index contributed by atoms with van der Waals surface area (Å²) in [5, 5.41) is 8.43. The predicted molar refractivity (Wildman–Crippen MR) is 49.2 cm³/mol. The summed E-state index contributed by atoms with van der Waals surface area (Å²) in [6.45, 7) is 1.25. The van der Waals surface area contributed by atoms with Gasteiger partial charge in [-0.3, -0.25) is 5.10 Å². The smallest absolute Gasteiger partial charge is 0.281 e. The predicted octanol–water partition coefficient (Wildman–Crippen LogP) is 2.40. The molecule has 16 heavy (non-hydrogen) atoms. The Labute approximate surface area is 88.3 Å². The Hall–Kier alpha value is -2.13. The lowest BCUT2D eigenvalue weighted by atomic mass is 10.2. The number of nitrogens with one attached hydrogen (secondary N) is 1. The lowest BCUT2D eigenvalue weighted by molar-refractivity contribution is -0.141. The summed E-state index contributed by atoms with van der Waals surface area (Å²) in [5.41, 5.74) is 6.90. The van der Waals surface area contributed by atoms with Crippen LogP contribution in [-0.4, -0.2) is 16.7 Å². The summed E-state index contributed by atoms with van der Waals surface area (Å²) in [6, 6.07) is 0. The number of azide groups is 1. The molecule has 0 aliphatic heterocycles. The minimum Gasteiger partial charge on any atom is -0.281 e. The highest BCUT2D eigenvalue weighted by Crippen LogP contribution is 2.30. The monoisotopic (exact) mass is 229 g/mol. The van der Waals surface area contributed by atoms with Crippen molar-refractivity contribution in [3.63, 3.8) is 0 Å². The number of halogens is 3. The molecule has 0 amide bonds. The molecule has 0 bridgehead atoms. The van der Waals surface area contributed by atoms with E-state index in [2.05, 4.69) is 32.1 Å². The molecular weight excluding hydrogens is 223 g/mol. The molecule has 1 aromatic rings. The topological polar surface area (TPSA) is 77.4 Å². The molecule has 1 aromatic heterocycles. The molecule has 84 valence electrons. The second kappa shape index (κ2) is 4.59. The second-order valence-corrected chi connectivity index (χ2v) is 2.76. The fourth-order valence-corrected chi connectivity index (χ4v) is 0.982. The summed E-state index contributed by atoms with van der Waals surface area (Å²) in [7, 11) is 0. The first-order chi connectivity index (χ1) is 7.46. The minimum absolute atomic E-state index is 0.182. The molecule has 0 aliphatic rings. The average molecular weight is 229 g/mol. The number of rotatable bonds is 1. The van der Waals surface area contributed by atoms with E-state index in [1.165, 1.54) is 6.92 Å². The van der Waals surface area contributed by atoms with Crippen LogP contribution in [0.4, 0.5) is 13.2 Å². The van der Waals surface area contributed by atoms with E-state index in [0.717, 1.165) is 0 Å². The lowest BCUT2D eigenvalue weighted by Gasteiger charge is -2.01. The Morgan fingerprint density at radius 1 is 1.56 bits per heavy atom. The van der Waals surface area contributed by atoms with Crippen molar-refractivity contribution in [3.05, 3.63) is 27.4 Å². The van der Waals surface area contributed by atoms with Crippen LogP contribution in [0.2, 0.25) is 0 Å². The maximum atomic E-state index is 12.4. The zero-order valence-electron chi connectivity index (χ0n) is 8.13. The number of hydrogen-bond acceptors (Lipinski definition) is 2. The molecule has 1 rings (SSSR count). The van der Waals surface area contributed by atoms with Gasteiger partial charge in [-0.25, -0.2) is 0 Å². The van der Waals surface area contributed by atoms with E-state index in [9.17, 15) is 13.2 Å². The van der Waals surface area contributed by atoms with Crippen molar-refractivity contribution in [2.75, 3.05) is 6.54 Å². The van der Waals surface area contributed by atoms with E-state index in [1.54, 1.807) is 0 Å². The van der Waals surface area contributed by atoms with Gasteiger partial charge in [0.1, 0.15) is 0 Å². The average Bonchev–Trinajstić information content (AvgIpc) is 2.54. The first-order valence-electron chi connectivity index (χ1n) is 4.08. The number of H-pyrrole nitrogens is 1. The van der Waals surface area contributed by atoms with Gasteiger partial charge in [0.05, 0.1) is 12.1 Å². The summed E-state index contributed by atoms with van der Waals surface area (Å²) in [6.07, 6.45) is -4.55. The van der Waals surface area contributed by atoms with Crippen molar-refractivity contribution in [2.24, 2.45) is 5.11 Å². The summed E-state index contributed by atoms with van der Waals surface area (Å²) < 4.78 is 37.2. The van der Waals surface area contributed by atoms with E-state index in [1.807, 2.05) is 0 Å². The third kappa shape index (κ3) is 2.68. The number of aryl methyl sites for hydroxylation is 1. The van der Waals surface area contributed by atoms with Gasteiger partial charge in [-0.15, -0.1) is 0 Å². The van der Waals surface area contributed by atoms with Crippen molar-refractivity contribution in [1.82, 2.24) is 10.2 Å². The van der Waals surface area contributed by atoms with Gasteiger partial charge in [0.2, 0.25) is 0 Å². The van der Waals surface area contributed by atoms with E-state index >= 15 is 0 Å². The fraction of sp³-hybridized carbons (Fsp3) is 0.375. The number of hydrogen-bond donors (Lipinski definition) is 1. The number of aromatic nitrogens is 2. The molecule has 0 spiro atoms. The van der Waals surface area contributed by atoms with Crippen molar-refractivity contribution < 1.29 is 13.2 Å². The molecule has 0 fully saturated rings. The highest BCUT2D eigenvalue weighted by molar-refractivity contribution is 5.42. The van der Waals surface area contributed by atoms with Crippen LogP contribution >= 0.6 is 0 Å². The van der Waals surface area contributed by atoms with Crippen LogP contribution in [0.1, 0.15) is 17.0 Å². The molecule has 0 saturated carbocycles. The largest absolute Gasteiger partial charge is 0.436 e. The Morgan fingerprint density at radius 2 is 2.25 bits per heavy atom. The Bertz CT molecular complexity index is 484. The third-order valence-electron chi connectivity index (χ3n) is 1.64. The van der Waals surface area contributed by atoms with Crippen LogP contribution in [0.25, 0.3) is 10.4 Å². The van der Waals surface area contributed by atoms with Crippen molar-refractivity contribution in [2.45, 2.75) is 13.1 Å². The maximum Gasteiger partial charge on any atom is 0.436 e. The van der Waals surface area contributed by atoms with Crippen molar-refractivity contribution in [1.29, 1.82) is 0 Å². The zero-order valence-corrected chi connectivity index (χ0v) is 8.13. The van der Waals surface area contributed by atoms with Crippen molar-refractivity contribution in [3.8, 4) is 11.8 Å². The van der Waals surface area contributed by atoms with Gasteiger partial charge in [0.15, 0.2) is 5.69 Å². The van der Waals surface area contributed by atoms with Crippen LogP contribution in [0, 0.1) is 18.8 Å². The molecule has 0 atom stereocenters. The molecule has 8 heteroatoms. The van der Waals surface area contributed by atoms with Crippen LogP contribution in [0.5, 0.6) is 0 Å². The molecule has 0 saturated heterocycles. The van der Waals surface area contributed by atoms with Gasteiger partial charge in [0.25, 0.3) is 0 Å². The van der Waals surface area contributed by atoms with Gasteiger partial charge >= 0.3 is 6.18 Å². The highest BCUT2D eigenvalue weighted by Gasteiger charge is 2.37. The maximum absolute atomic E-state index is 12.4. The zero-order chi connectivity index (χ0) is 12.2. The second-order valence-electron chi connectivity index (χ2n) is 2.76. The van der Waals surface area contributed by atoms with E-state index in [-0.39, 0.29) is 17.8 Å². The third-order valence-corrected chi connectivity index (χ3v) is 1.64. The normalized spacial score (nSPS) is 10.2. The molecular formula is C8H6F3N5. The molecule has 0 aromatic carbocycles. The van der Waals surface area contributed by atoms with Gasteiger partial charge in [-0.1, -0.05) is 17.0 Å². The van der Waals surface area contributed by atoms with Gasteiger partial charge in [-0.2, -0.15) is 18.3 Å². The summed E-state index contributed by atoms with van der Waals surface area (Å²) in [4.78, 5) is 2.42. The summed E-state index contributed by atoms with van der Waals surface area (Å²) >= 11 is 0. The van der Waals surface area contributed by atoms with Crippen LogP contribution in [-0.2, 0) is 6.18 Å². The van der Waals surface area contributed by atoms with Crippen molar-refractivity contribution >= 4 is 0 Å². The molecule has 1 N–H and O–H groups in total. The fourth-order valence-electron chi connectivity index (χ4n) is 0.982. The number of alkyl halides is 3. The van der Waals surface area contributed by atoms with Crippen LogP contribution in [0.3, 0.4) is 0 Å². The van der Waals surface area contributed by atoms with Crippen LogP contribution in [0.15, 0.2) is 5.11 Å². The van der Waals surface area contributed by atoms with Gasteiger partial charge < -0.3 is 0 Å². The molecule has 0 aliphatic carbocycles. The molecule has 1 heterocycles. The molecule has 0 radical (unpaired) electrons. The minimum atomic E-state index is -4.55. The standard InChI is InChI=1S/C8H6F3N5/c1-5-6(3-2-4-13-16-12)7(15-14-5)8(9,10)11/h4H2,1H3,(H,14,15). The van der Waals surface area contributed by atoms with E-state index in [0.29, 0.717) is 0 Å². The first-order valence-corrected chi connectivity index (χ1v) is 4.08. The summed E-state index contributed by atoms with van der Waals surface area (Å²) in [5.74, 6) is 4.59. The van der Waals surface area contributed by atoms with E-state index < -0.39 is 11.9 Å². The molecule has 5 nitrogen and oxygen atoms in total. The number of nitrogens with zero attached hydrogens (tertiary/aromatic N) is 4. The number of aromatic amines is 1. The highest BCUT2D eigenvalue weighted by atomic mass is 19.4. The van der Waals surface area contributed by atoms with E-state index in [4.69, 9.17) is 5.53 Å². The quantitative estimate of drug-likeness (QED) is 0.341. The lowest BCUT2D eigenvalue weighted by Crippen LogP contribution is -2.07. The SMILES string of the molecule is Cc1[nH]nc(C(F)(F)F)c1C#CCN=[N+]=[N-]. The Balaban J connectivity index is 3.06. The van der Waals surface area contributed by atoms with Crippen LogP contribution < -0.4 is 0 Å². The Kier molecular flexibility index (Phi) is 3.43. The first kappa shape index (κ1) is 11.9.